The summed E-state index contributed by atoms with van der Waals surface area (Å²) in [6, 6.07) is 16.8. The molecule has 8 nitrogen and oxygen atoms in total. The number of nitrogens with zero attached hydrogens (tertiary/aromatic N) is 2. The molecule has 0 radical (unpaired) electrons. The minimum Gasteiger partial charge on any atom is -0.394 e. The Bertz CT molecular complexity index is 1370. The maximum absolute atomic E-state index is 13.1. The fourth-order valence-electron chi connectivity index (χ4n) is 4.45. The number of carbonyl (C=O) groups is 3. The highest BCUT2D eigenvalue weighted by molar-refractivity contribution is 6.02. The van der Waals surface area contributed by atoms with Gasteiger partial charge in [0.25, 0.3) is 5.91 Å². The first kappa shape index (κ1) is 28.6. The molecule has 1 heterocycles. The Hall–Kier alpha value is -4.38. The highest BCUT2D eigenvalue weighted by Crippen LogP contribution is 2.32. The number of halogens is 3. The molecule has 0 bridgehead atoms. The van der Waals surface area contributed by atoms with Crippen LogP contribution in [0.4, 0.5) is 30.2 Å². The van der Waals surface area contributed by atoms with Gasteiger partial charge < -0.3 is 25.5 Å². The second-order valence-corrected chi connectivity index (χ2v) is 9.37. The van der Waals surface area contributed by atoms with Crippen molar-refractivity contribution in [1.82, 2.24) is 10.2 Å². The fraction of sp³-hybridized carbons (Fsp3) is 0.276. The molecule has 1 saturated heterocycles. The lowest BCUT2D eigenvalue weighted by Crippen LogP contribution is -2.56. The van der Waals surface area contributed by atoms with Gasteiger partial charge in [-0.3, -0.25) is 14.4 Å². The number of para-hydroxylation sites is 1. The molecule has 1 aliphatic heterocycles. The molecule has 1 unspecified atom stereocenters. The van der Waals surface area contributed by atoms with Crippen LogP contribution in [0.3, 0.4) is 0 Å². The number of aliphatic hydroxyl groups excluding tert-OH is 1. The van der Waals surface area contributed by atoms with Gasteiger partial charge in [-0.1, -0.05) is 18.2 Å². The molecule has 210 valence electrons. The monoisotopic (exact) mass is 554 g/mol. The van der Waals surface area contributed by atoms with Crippen molar-refractivity contribution >= 4 is 34.7 Å². The number of hydrogen-bond donors (Lipinski definition) is 3. The summed E-state index contributed by atoms with van der Waals surface area (Å²) in [6.07, 6.45) is -4.52. The van der Waals surface area contributed by atoms with Gasteiger partial charge in [-0.2, -0.15) is 13.2 Å². The molecular formula is C29H29F3N4O4. The first-order valence-corrected chi connectivity index (χ1v) is 12.7. The Morgan fingerprint density at radius 3 is 2.23 bits per heavy atom. The fourth-order valence-corrected chi connectivity index (χ4v) is 4.45. The topological polar surface area (TPSA) is 102 Å². The van der Waals surface area contributed by atoms with Crippen molar-refractivity contribution in [3.05, 3.63) is 89.5 Å². The first-order valence-electron chi connectivity index (χ1n) is 12.7. The van der Waals surface area contributed by atoms with Gasteiger partial charge in [-0.05, 0) is 61.5 Å². The summed E-state index contributed by atoms with van der Waals surface area (Å²) in [5.41, 5.74) is 1.19. The van der Waals surface area contributed by atoms with Gasteiger partial charge in [0.05, 0.1) is 23.4 Å². The van der Waals surface area contributed by atoms with Crippen LogP contribution in [0.15, 0.2) is 72.8 Å². The van der Waals surface area contributed by atoms with E-state index in [1.165, 1.54) is 31.2 Å². The third-order valence-corrected chi connectivity index (χ3v) is 6.66. The molecule has 40 heavy (non-hydrogen) atoms. The van der Waals surface area contributed by atoms with Crippen LogP contribution in [-0.2, 0) is 11.0 Å². The third kappa shape index (κ3) is 6.78. The molecular weight excluding hydrogens is 525 g/mol. The van der Waals surface area contributed by atoms with E-state index in [9.17, 15) is 32.7 Å². The number of hydrogen-bond acceptors (Lipinski definition) is 6. The van der Waals surface area contributed by atoms with Crippen molar-refractivity contribution in [3.63, 3.8) is 0 Å². The van der Waals surface area contributed by atoms with Gasteiger partial charge >= 0.3 is 6.18 Å². The molecule has 2 amide bonds. The quantitative estimate of drug-likeness (QED) is 0.363. The van der Waals surface area contributed by atoms with E-state index in [1.54, 1.807) is 29.2 Å². The van der Waals surface area contributed by atoms with E-state index in [2.05, 4.69) is 15.5 Å². The van der Waals surface area contributed by atoms with E-state index in [4.69, 9.17) is 0 Å². The van der Waals surface area contributed by atoms with Crippen molar-refractivity contribution in [2.45, 2.75) is 19.1 Å². The zero-order valence-corrected chi connectivity index (χ0v) is 21.7. The van der Waals surface area contributed by atoms with Crippen LogP contribution in [0.25, 0.3) is 0 Å². The second-order valence-electron chi connectivity index (χ2n) is 9.37. The van der Waals surface area contributed by atoms with Gasteiger partial charge in [0, 0.05) is 43.1 Å². The molecule has 1 atom stereocenters. The number of nitrogens with one attached hydrogen (secondary N) is 2. The summed E-state index contributed by atoms with van der Waals surface area (Å²) in [6.45, 7) is 2.67. The van der Waals surface area contributed by atoms with Gasteiger partial charge in [-0.25, -0.2) is 0 Å². The number of ketones is 1. The van der Waals surface area contributed by atoms with E-state index in [-0.39, 0.29) is 22.7 Å². The highest BCUT2D eigenvalue weighted by Gasteiger charge is 2.31. The molecule has 11 heteroatoms. The lowest BCUT2D eigenvalue weighted by atomic mass is 10.1. The number of alkyl halides is 3. The Balaban J connectivity index is 1.39. The number of amides is 2. The van der Waals surface area contributed by atoms with Crippen molar-refractivity contribution < 1.29 is 32.7 Å². The largest absolute Gasteiger partial charge is 0.416 e. The molecule has 0 aromatic heterocycles. The maximum Gasteiger partial charge on any atom is 0.416 e. The molecule has 3 aromatic carbocycles. The predicted molar refractivity (Wildman–Crippen MR) is 145 cm³/mol. The standard InChI is InChI=1S/C29H29F3N4O4/c1-19(38)20-9-11-23(12-10-20)35-13-15-36(16-14-35)28(40)26(18-37)34-27(39)24-7-2-3-8-25(24)33-22-6-4-5-21(17-22)29(30,31)32/h2-12,17,26,33,37H,13-16,18H2,1H3,(H,34,39). The van der Waals surface area contributed by atoms with Gasteiger partial charge in [0.2, 0.25) is 5.91 Å². The van der Waals surface area contributed by atoms with Crippen LogP contribution in [-0.4, -0.2) is 66.4 Å². The molecule has 1 aliphatic rings. The Morgan fingerprint density at radius 2 is 1.60 bits per heavy atom. The molecule has 3 aromatic rings. The van der Waals surface area contributed by atoms with E-state index >= 15 is 0 Å². The average Bonchev–Trinajstić information content (AvgIpc) is 2.95. The SMILES string of the molecule is CC(=O)c1ccc(N2CCN(C(=O)C(CO)NC(=O)c3ccccc3Nc3cccc(C(F)(F)F)c3)CC2)cc1. The van der Waals surface area contributed by atoms with Crippen molar-refractivity contribution in [1.29, 1.82) is 0 Å². The molecule has 0 aliphatic carbocycles. The van der Waals surface area contributed by atoms with Crippen LogP contribution in [0.2, 0.25) is 0 Å². The van der Waals surface area contributed by atoms with E-state index < -0.39 is 36.2 Å². The minimum absolute atomic E-state index is 0.0203. The van der Waals surface area contributed by atoms with E-state index in [0.29, 0.717) is 31.7 Å². The molecule has 0 saturated carbocycles. The zero-order valence-electron chi connectivity index (χ0n) is 21.7. The Labute approximate surface area is 229 Å². The lowest BCUT2D eigenvalue weighted by molar-refractivity contribution is -0.137. The van der Waals surface area contributed by atoms with Gasteiger partial charge in [0.15, 0.2) is 5.78 Å². The summed E-state index contributed by atoms with van der Waals surface area (Å²) in [7, 11) is 0. The van der Waals surface area contributed by atoms with Crippen LogP contribution in [0, 0.1) is 0 Å². The summed E-state index contributed by atoms with van der Waals surface area (Å²) in [4.78, 5) is 41.4. The zero-order chi connectivity index (χ0) is 28.9. The summed E-state index contributed by atoms with van der Waals surface area (Å²) in [5.74, 6) is -1.12. The van der Waals surface area contributed by atoms with Crippen LogP contribution in [0.5, 0.6) is 0 Å². The summed E-state index contributed by atoms with van der Waals surface area (Å²) >= 11 is 0. The molecule has 3 N–H and O–H groups in total. The average molecular weight is 555 g/mol. The third-order valence-electron chi connectivity index (χ3n) is 6.66. The second kappa shape index (κ2) is 12.2. The smallest absolute Gasteiger partial charge is 0.394 e. The van der Waals surface area contributed by atoms with Gasteiger partial charge in [-0.15, -0.1) is 0 Å². The predicted octanol–water partition coefficient (Wildman–Crippen LogP) is 4.09. The Kier molecular flexibility index (Phi) is 8.73. The lowest BCUT2D eigenvalue weighted by Gasteiger charge is -2.37. The number of carbonyl (C=O) groups excluding carboxylic acids is 3. The van der Waals surface area contributed by atoms with Crippen LogP contribution >= 0.6 is 0 Å². The molecule has 4 rings (SSSR count). The van der Waals surface area contributed by atoms with E-state index in [0.717, 1.165) is 17.8 Å². The molecule has 0 spiro atoms. The maximum atomic E-state index is 13.1. The summed E-state index contributed by atoms with van der Waals surface area (Å²) in [5, 5.41) is 15.3. The van der Waals surface area contributed by atoms with Crippen molar-refractivity contribution in [2.24, 2.45) is 0 Å². The van der Waals surface area contributed by atoms with Crippen LogP contribution in [0.1, 0.15) is 33.2 Å². The number of piperazine rings is 1. The van der Waals surface area contributed by atoms with Crippen LogP contribution < -0.4 is 15.5 Å². The van der Waals surface area contributed by atoms with Crippen molar-refractivity contribution in [2.75, 3.05) is 43.0 Å². The first-order chi connectivity index (χ1) is 19.1. The molecule has 1 fully saturated rings. The number of rotatable bonds is 8. The highest BCUT2D eigenvalue weighted by atomic mass is 19.4. The number of anilines is 3. The van der Waals surface area contributed by atoms with Crippen molar-refractivity contribution in [3.8, 4) is 0 Å². The number of Topliss-reactive ketones (excluding diaryl/α,β-unsaturated/α-hetero) is 1. The normalized spacial score (nSPS) is 14.4. The number of benzene rings is 3. The van der Waals surface area contributed by atoms with Gasteiger partial charge in [0.1, 0.15) is 6.04 Å². The summed E-state index contributed by atoms with van der Waals surface area (Å²) < 4.78 is 39.3. The Morgan fingerprint density at radius 1 is 0.925 bits per heavy atom. The van der Waals surface area contributed by atoms with E-state index in [1.807, 2.05) is 12.1 Å². The minimum atomic E-state index is -4.52. The number of aliphatic hydroxyl groups is 1.